The molecule has 2 atom stereocenters. The minimum absolute atomic E-state index is 0.208. The first-order valence-electron chi connectivity index (χ1n) is 13.4. The topological polar surface area (TPSA) is 132 Å². The predicted molar refractivity (Wildman–Crippen MR) is 147 cm³/mol. The van der Waals surface area contributed by atoms with Crippen LogP contribution in [0.4, 0.5) is 17.3 Å². The van der Waals surface area contributed by atoms with E-state index in [0.29, 0.717) is 37.2 Å². The Morgan fingerprint density at radius 2 is 1.92 bits per heavy atom. The summed E-state index contributed by atoms with van der Waals surface area (Å²) < 4.78 is 9.49. The number of pyridine rings is 2. The Kier molecular flexibility index (Phi) is 6.73. The van der Waals surface area contributed by atoms with Crippen molar-refractivity contribution in [2.24, 2.45) is 5.73 Å². The van der Waals surface area contributed by atoms with E-state index in [1.54, 1.807) is 0 Å². The third-order valence-corrected chi connectivity index (χ3v) is 7.51. The second kappa shape index (κ2) is 10.3. The predicted octanol–water partition coefficient (Wildman–Crippen LogP) is 3.26. The van der Waals surface area contributed by atoms with Crippen LogP contribution < -0.4 is 16.0 Å². The number of nitrogens with two attached hydrogens (primary N) is 1. The smallest absolute Gasteiger partial charge is 0.160 e. The molecule has 0 spiro atoms. The van der Waals surface area contributed by atoms with Gasteiger partial charge in [-0.15, -0.1) is 0 Å². The molecule has 0 aromatic carbocycles. The summed E-state index contributed by atoms with van der Waals surface area (Å²) in [6, 6.07) is 6.23. The summed E-state index contributed by atoms with van der Waals surface area (Å²) in [5.74, 6) is 1.38. The van der Waals surface area contributed by atoms with Crippen LogP contribution in [0, 0.1) is 0 Å². The van der Waals surface area contributed by atoms with E-state index in [4.69, 9.17) is 20.4 Å². The van der Waals surface area contributed by atoms with Gasteiger partial charge in [-0.05, 0) is 45.2 Å². The molecule has 2 saturated heterocycles. The minimum Gasteiger partial charge on any atom is -0.391 e. The Labute approximate surface area is 221 Å². The Hall–Kier alpha value is -3.54. The average molecular weight is 518 g/mol. The molecular formula is C27H35N9O2. The molecule has 38 heavy (non-hydrogen) atoms. The number of ether oxygens (including phenoxy) is 1. The summed E-state index contributed by atoms with van der Waals surface area (Å²) in [6.45, 7) is 6.97. The van der Waals surface area contributed by atoms with Crippen LogP contribution in [-0.2, 0) is 4.74 Å². The fourth-order valence-electron chi connectivity index (χ4n) is 5.31. The fraction of sp³-hybridized carbons (Fsp3) is 0.481. The quantitative estimate of drug-likeness (QED) is 0.352. The van der Waals surface area contributed by atoms with E-state index in [1.165, 1.54) is 0 Å². The van der Waals surface area contributed by atoms with Gasteiger partial charge in [-0.1, -0.05) is 0 Å². The summed E-state index contributed by atoms with van der Waals surface area (Å²) in [4.78, 5) is 11.8. The number of piperidine rings is 1. The summed E-state index contributed by atoms with van der Waals surface area (Å²) in [6.07, 6.45) is 9.77. The SMILES string of the molecule is CC(C)n1ncc2ccc(Nc3cc(N4CC[C@@H](O)[C@H](N)C4)c(-c4cnn(C5CCOCC5)c4)cn3)nc21. The molecule has 11 heteroatoms. The lowest BCUT2D eigenvalue weighted by molar-refractivity contribution is 0.0662. The van der Waals surface area contributed by atoms with Crippen molar-refractivity contribution in [3.05, 3.63) is 43.0 Å². The lowest BCUT2D eigenvalue weighted by Gasteiger charge is -2.36. The van der Waals surface area contributed by atoms with Crippen LogP contribution in [0.5, 0.6) is 0 Å². The zero-order valence-electron chi connectivity index (χ0n) is 21.9. The highest BCUT2D eigenvalue weighted by Crippen LogP contribution is 2.35. The third-order valence-electron chi connectivity index (χ3n) is 7.51. The molecule has 2 aliphatic heterocycles. The standard InChI is InChI=1S/C27H35N9O2/c1-17(2)36-27-18(12-31-36)3-4-25(33-27)32-26-11-23(34-8-5-24(37)22(28)16-34)21(14-29-26)19-13-30-35(15-19)20-6-9-38-10-7-20/h3-4,11-15,17,20,22,24,37H,5-10,16,28H2,1-2H3,(H,29,32,33)/t22-,24-/m1/s1. The Morgan fingerprint density at radius 3 is 2.71 bits per heavy atom. The van der Waals surface area contributed by atoms with Crippen molar-refractivity contribution >= 4 is 28.4 Å². The van der Waals surface area contributed by atoms with E-state index in [2.05, 4.69) is 45.1 Å². The van der Waals surface area contributed by atoms with Gasteiger partial charge in [-0.3, -0.25) is 4.68 Å². The number of nitrogens with zero attached hydrogens (tertiary/aromatic N) is 7. The molecule has 200 valence electrons. The summed E-state index contributed by atoms with van der Waals surface area (Å²) in [5, 5.41) is 23.8. The average Bonchev–Trinajstić information content (AvgIpc) is 3.58. The van der Waals surface area contributed by atoms with Crippen molar-refractivity contribution in [1.29, 1.82) is 0 Å². The number of aliphatic hydroxyl groups is 1. The molecule has 6 rings (SSSR count). The van der Waals surface area contributed by atoms with E-state index in [9.17, 15) is 5.11 Å². The van der Waals surface area contributed by atoms with Crippen molar-refractivity contribution in [1.82, 2.24) is 29.5 Å². The maximum Gasteiger partial charge on any atom is 0.160 e. The van der Waals surface area contributed by atoms with Gasteiger partial charge in [-0.25, -0.2) is 14.6 Å². The van der Waals surface area contributed by atoms with E-state index in [-0.39, 0.29) is 12.1 Å². The minimum atomic E-state index is -0.493. The van der Waals surface area contributed by atoms with Crippen molar-refractivity contribution in [3.63, 3.8) is 0 Å². The molecule has 11 nitrogen and oxygen atoms in total. The van der Waals surface area contributed by atoms with Gasteiger partial charge in [0.1, 0.15) is 11.6 Å². The number of rotatable bonds is 6. The highest BCUT2D eigenvalue weighted by atomic mass is 16.5. The lowest BCUT2D eigenvalue weighted by Crippen LogP contribution is -2.51. The van der Waals surface area contributed by atoms with Crippen LogP contribution in [0.25, 0.3) is 22.2 Å². The first-order chi connectivity index (χ1) is 18.5. The van der Waals surface area contributed by atoms with Gasteiger partial charge >= 0.3 is 0 Å². The van der Waals surface area contributed by atoms with Crippen LogP contribution in [0.2, 0.25) is 0 Å². The summed E-state index contributed by atoms with van der Waals surface area (Å²) >= 11 is 0. The number of anilines is 3. The van der Waals surface area contributed by atoms with Gasteiger partial charge in [0.2, 0.25) is 0 Å². The van der Waals surface area contributed by atoms with E-state index < -0.39 is 6.10 Å². The zero-order chi connectivity index (χ0) is 26.2. The fourth-order valence-corrected chi connectivity index (χ4v) is 5.31. The molecule has 2 fully saturated rings. The van der Waals surface area contributed by atoms with E-state index in [1.807, 2.05) is 41.5 Å². The number of hydrogen-bond donors (Lipinski definition) is 3. The molecular weight excluding hydrogens is 482 g/mol. The van der Waals surface area contributed by atoms with Gasteiger partial charge in [0.05, 0.1) is 24.5 Å². The van der Waals surface area contributed by atoms with Gasteiger partial charge in [-0.2, -0.15) is 10.2 Å². The molecule has 0 amide bonds. The van der Waals surface area contributed by atoms with Crippen LogP contribution in [0.1, 0.15) is 45.2 Å². The molecule has 0 radical (unpaired) electrons. The van der Waals surface area contributed by atoms with Crippen LogP contribution in [0.15, 0.2) is 43.0 Å². The van der Waals surface area contributed by atoms with E-state index >= 15 is 0 Å². The number of aromatic nitrogens is 6. The number of fused-ring (bicyclic) bond motifs is 1. The van der Waals surface area contributed by atoms with Crippen LogP contribution >= 0.6 is 0 Å². The van der Waals surface area contributed by atoms with Crippen molar-refractivity contribution in [2.75, 3.05) is 36.5 Å². The van der Waals surface area contributed by atoms with E-state index in [0.717, 1.165) is 53.9 Å². The van der Waals surface area contributed by atoms with Crippen molar-refractivity contribution < 1.29 is 9.84 Å². The number of nitrogens with one attached hydrogen (secondary N) is 1. The Balaban J connectivity index is 1.34. The molecule has 4 N–H and O–H groups in total. The molecule has 6 heterocycles. The molecule has 4 aromatic heterocycles. The molecule has 0 unspecified atom stereocenters. The van der Waals surface area contributed by atoms with Crippen LogP contribution in [-0.4, -0.2) is 73.1 Å². The highest BCUT2D eigenvalue weighted by molar-refractivity contribution is 5.81. The Bertz CT molecular complexity index is 1410. The number of aliphatic hydroxyl groups excluding tert-OH is 1. The summed E-state index contributed by atoms with van der Waals surface area (Å²) in [5.41, 5.74) is 10.1. The second-order valence-electron chi connectivity index (χ2n) is 10.5. The van der Waals surface area contributed by atoms with Gasteiger partial charge < -0.3 is 25.8 Å². The molecule has 4 aromatic rings. The Morgan fingerprint density at radius 1 is 1.08 bits per heavy atom. The molecule has 0 aliphatic carbocycles. The van der Waals surface area contributed by atoms with Crippen LogP contribution in [0.3, 0.4) is 0 Å². The van der Waals surface area contributed by atoms with Gasteiger partial charge in [0.15, 0.2) is 5.65 Å². The summed E-state index contributed by atoms with van der Waals surface area (Å²) in [7, 11) is 0. The largest absolute Gasteiger partial charge is 0.391 e. The molecule has 0 saturated carbocycles. The monoisotopic (exact) mass is 517 g/mol. The second-order valence-corrected chi connectivity index (χ2v) is 10.5. The molecule has 2 aliphatic rings. The zero-order valence-corrected chi connectivity index (χ0v) is 21.9. The van der Waals surface area contributed by atoms with Crippen molar-refractivity contribution in [3.8, 4) is 11.1 Å². The van der Waals surface area contributed by atoms with Gasteiger partial charge in [0, 0.05) is 79.0 Å². The normalized spacial score (nSPS) is 20.9. The molecule has 0 bridgehead atoms. The third kappa shape index (κ3) is 4.84. The first-order valence-corrected chi connectivity index (χ1v) is 13.4. The maximum atomic E-state index is 10.2. The first kappa shape index (κ1) is 24.8. The highest BCUT2D eigenvalue weighted by Gasteiger charge is 2.27. The van der Waals surface area contributed by atoms with Crippen molar-refractivity contribution in [2.45, 2.75) is 57.3 Å². The lowest BCUT2D eigenvalue weighted by atomic mass is 10.0. The van der Waals surface area contributed by atoms with Gasteiger partial charge in [0.25, 0.3) is 0 Å². The number of hydrogen-bond acceptors (Lipinski definition) is 9. The maximum absolute atomic E-state index is 10.2.